The van der Waals surface area contributed by atoms with E-state index in [9.17, 15) is 4.79 Å². The summed E-state index contributed by atoms with van der Waals surface area (Å²) in [7, 11) is 2.15. The summed E-state index contributed by atoms with van der Waals surface area (Å²) >= 11 is 0. The van der Waals surface area contributed by atoms with Crippen LogP contribution in [0.5, 0.6) is 0 Å². The number of aromatic amines is 1. The second-order valence-corrected chi connectivity index (χ2v) is 6.98. The molecule has 0 spiro atoms. The Balaban J connectivity index is 1.40. The van der Waals surface area contributed by atoms with E-state index in [2.05, 4.69) is 44.3 Å². The molecule has 0 saturated carbocycles. The second kappa shape index (κ2) is 8.91. The van der Waals surface area contributed by atoms with Gasteiger partial charge in [-0.1, -0.05) is 30.3 Å². The Kier molecular flexibility index (Phi) is 6.35. The number of piperazine rings is 1. The van der Waals surface area contributed by atoms with Crippen LogP contribution < -0.4 is 5.32 Å². The maximum absolute atomic E-state index is 12.1. The molecule has 1 aromatic heterocycles. The molecule has 1 aliphatic rings. The van der Waals surface area contributed by atoms with Gasteiger partial charge in [-0.25, -0.2) is 4.98 Å². The van der Waals surface area contributed by atoms with Crippen molar-refractivity contribution < 1.29 is 4.79 Å². The normalized spacial score (nSPS) is 17.2. The lowest BCUT2D eigenvalue weighted by Gasteiger charge is -2.36. The molecule has 0 radical (unpaired) electrons. The van der Waals surface area contributed by atoms with Crippen molar-refractivity contribution in [2.75, 3.05) is 33.2 Å². The lowest BCUT2D eigenvalue weighted by atomic mass is 10.1. The molecule has 1 aliphatic heterocycles. The third-order valence-electron chi connectivity index (χ3n) is 4.97. The zero-order chi connectivity index (χ0) is 18.4. The summed E-state index contributed by atoms with van der Waals surface area (Å²) in [5, 5.41) is 10.0. The quantitative estimate of drug-likeness (QED) is 0.786. The summed E-state index contributed by atoms with van der Waals surface area (Å²) in [6.07, 6.45) is 1.41. The lowest BCUT2D eigenvalue weighted by Crippen LogP contribution is -2.48. The number of carbonyl (C=O) groups is 1. The molecule has 1 amide bonds. The number of likely N-dealkylation sites (N-methyl/N-ethyl adjacent to an activating group) is 1. The molecule has 1 fully saturated rings. The van der Waals surface area contributed by atoms with Crippen molar-refractivity contribution in [2.24, 2.45) is 0 Å². The smallest absolute Gasteiger partial charge is 0.220 e. The maximum Gasteiger partial charge on any atom is 0.220 e. The summed E-state index contributed by atoms with van der Waals surface area (Å²) in [6, 6.07) is 10.2. The van der Waals surface area contributed by atoms with Crippen molar-refractivity contribution in [3.8, 4) is 11.4 Å². The third-order valence-corrected chi connectivity index (χ3v) is 4.97. The maximum atomic E-state index is 12.1. The average molecular weight is 356 g/mol. The Morgan fingerprint density at radius 2 is 1.96 bits per heavy atom. The highest BCUT2D eigenvalue weighted by Crippen LogP contribution is 2.13. The number of nitrogens with zero attached hydrogens (tertiary/aromatic N) is 4. The van der Waals surface area contributed by atoms with Crippen molar-refractivity contribution in [3.05, 3.63) is 36.2 Å². The van der Waals surface area contributed by atoms with E-state index in [0.29, 0.717) is 30.7 Å². The molecule has 26 heavy (non-hydrogen) atoms. The van der Waals surface area contributed by atoms with Crippen LogP contribution in [-0.2, 0) is 11.3 Å². The van der Waals surface area contributed by atoms with Crippen LogP contribution in [0.3, 0.4) is 0 Å². The topological polar surface area (TPSA) is 77.1 Å². The zero-order valence-corrected chi connectivity index (χ0v) is 15.6. The minimum absolute atomic E-state index is 0.0589. The zero-order valence-electron chi connectivity index (χ0n) is 15.6. The molecule has 1 unspecified atom stereocenters. The highest BCUT2D eigenvalue weighted by atomic mass is 16.1. The first-order valence-electron chi connectivity index (χ1n) is 9.28. The van der Waals surface area contributed by atoms with Crippen LogP contribution >= 0.6 is 0 Å². The first-order valence-corrected chi connectivity index (χ1v) is 9.28. The summed E-state index contributed by atoms with van der Waals surface area (Å²) in [6.45, 7) is 6.96. The molecule has 1 saturated heterocycles. The minimum atomic E-state index is 0.0589. The SMILES string of the molecule is CC(CCC(=O)NCc1nc(-c2ccccc2)n[nH]1)N1CCN(C)CC1. The van der Waals surface area contributed by atoms with E-state index >= 15 is 0 Å². The number of hydrogen-bond donors (Lipinski definition) is 2. The molecule has 140 valence electrons. The van der Waals surface area contributed by atoms with E-state index < -0.39 is 0 Å². The summed E-state index contributed by atoms with van der Waals surface area (Å²) in [4.78, 5) is 21.4. The van der Waals surface area contributed by atoms with E-state index in [1.54, 1.807) is 0 Å². The van der Waals surface area contributed by atoms with Crippen molar-refractivity contribution >= 4 is 5.91 Å². The second-order valence-electron chi connectivity index (χ2n) is 6.98. The molecule has 1 aromatic carbocycles. The largest absolute Gasteiger partial charge is 0.349 e. The molecule has 0 bridgehead atoms. The number of carbonyl (C=O) groups excluding carboxylic acids is 1. The van der Waals surface area contributed by atoms with Crippen LogP contribution in [0, 0.1) is 0 Å². The number of benzene rings is 1. The van der Waals surface area contributed by atoms with Gasteiger partial charge in [0.15, 0.2) is 5.82 Å². The van der Waals surface area contributed by atoms with Crippen LogP contribution in [0.25, 0.3) is 11.4 Å². The fourth-order valence-electron chi connectivity index (χ4n) is 3.15. The number of aromatic nitrogens is 3. The van der Waals surface area contributed by atoms with Gasteiger partial charge < -0.3 is 10.2 Å². The highest BCUT2D eigenvalue weighted by molar-refractivity contribution is 5.75. The van der Waals surface area contributed by atoms with E-state index in [-0.39, 0.29) is 5.91 Å². The molecule has 3 rings (SSSR count). The third kappa shape index (κ3) is 5.12. The first kappa shape index (κ1) is 18.5. The summed E-state index contributed by atoms with van der Waals surface area (Å²) in [5.41, 5.74) is 0.960. The van der Waals surface area contributed by atoms with Crippen molar-refractivity contribution in [3.63, 3.8) is 0 Å². The number of amides is 1. The van der Waals surface area contributed by atoms with Gasteiger partial charge in [-0.3, -0.25) is 14.8 Å². The Hall–Kier alpha value is -2.25. The monoisotopic (exact) mass is 356 g/mol. The number of H-pyrrole nitrogens is 1. The van der Waals surface area contributed by atoms with E-state index in [1.165, 1.54) is 0 Å². The van der Waals surface area contributed by atoms with Gasteiger partial charge in [0.2, 0.25) is 5.91 Å². The molecular formula is C19H28N6O. The minimum Gasteiger partial charge on any atom is -0.349 e. The van der Waals surface area contributed by atoms with Crippen LogP contribution in [0.1, 0.15) is 25.6 Å². The molecular weight excluding hydrogens is 328 g/mol. The van der Waals surface area contributed by atoms with E-state index in [4.69, 9.17) is 0 Å². The van der Waals surface area contributed by atoms with Crippen LogP contribution in [0.4, 0.5) is 0 Å². The molecule has 2 heterocycles. The fourth-order valence-corrected chi connectivity index (χ4v) is 3.15. The van der Waals surface area contributed by atoms with Gasteiger partial charge in [0, 0.05) is 44.2 Å². The Morgan fingerprint density at radius 1 is 1.23 bits per heavy atom. The van der Waals surface area contributed by atoms with Crippen LogP contribution in [0.2, 0.25) is 0 Å². The van der Waals surface area contributed by atoms with Gasteiger partial charge in [0.05, 0.1) is 6.54 Å². The van der Waals surface area contributed by atoms with Crippen molar-refractivity contribution in [1.82, 2.24) is 30.3 Å². The highest BCUT2D eigenvalue weighted by Gasteiger charge is 2.19. The predicted molar refractivity (Wildman–Crippen MR) is 101 cm³/mol. The standard InChI is InChI=1S/C19H28N6O/c1-15(25-12-10-24(2)11-13-25)8-9-18(26)20-14-17-21-19(23-22-17)16-6-4-3-5-7-16/h3-7,15H,8-14H2,1-2H3,(H,20,26)(H,21,22,23). The van der Waals surface area contributed by atoms with Gasteiger partial charge in [-0.05, 0) is 20.4 Å². The van der Waals surface area contributed by atoms with Gasteiger partial charge in [-0.15, -0.1) is 0 Å². The first-order chi connectivity index (χ1) is 12.6. The Morgan fingerprint density at radius 3 is 2.69 bits per heavy atom. The number of rotatable bonds is 7. The molecule has 7 nitrogen and oxygen atoms in total. The molecule has 0 aliphatic carbocycles. The van der Waals surface area contributed by atoms with Crippen LogP contribution in [0.15, 0.2) is 30.3 Å². The molecule has 2 aromatic rings. The van der Waals surface area contributed by atoms with Gasteiger partial charge in [0.1, 0.15) is 5.82 Å². The van der Waals surface area contributed by atoms with Crippen molar-refractivity contribution in [2.45, 2.75) is 32.4 Å². The van der Waals surface area contributed by atoms with E-state index in [1.807, 2.05) is 30.3 Å². The average Bonchev–Trinajstić information content (AvgIpc) is 3.15. The van der Waals surface area contributed by atoms with Gasteiger partial charge in [-0.2, -0.15) is 5.10 Å². The van der Waals surface area contributed by atoms with Gasteiger partial charge in [0.25, 0.3) is 0 Å². The number of nitrogens with one attached hydrogen (secondary N) is 2. The molecule has 7 heteroatoms. The fraction of sp³-hybridized carbons (Fsp3) is 0.526. The Labute approximate surface area is 154 Å². The Bertz CT molecular complexity index is 693. The molecule has 1 atom stereocenters. The summed E-state index contributed by atoms with van der Waals surface area (Å²) < 4.78 is 0. The van der Waals surface area contributed by atoms with E-state index in [0.717, 1.165) is 38.2 Å². The number of hydrogen-bond acceptors (Lipinski definition) is 5. The predicted octanol–water partition coefficient (Wildman–Crippen LogP) is 1.50. The van der Waals surface area contributed by atoms with Gasteiger partial charge >= 0.3 is 0 Å². The van der Waals surface area contributed by atoms with Crippen molar-refractivity contribution in [1.29, 1.82) is 0 Å². The lowest BCUT2D eigenvalue weighted by molar-refractivity contribution is -0.121. The molecule has 2 N–H and O–H groups in total. The summed E-state index contributed by atoms with van der Waals surface area (Å²) in [5.74, 6) is 1.38. The van der Waals surface area contributed by atoms with Crippen LogP contribution in [-0.4, -0.2) is 70.2 Å².